The Bertz CT molecular complexity index is 334. The molecule has 0 amide bonds. The van der Waals surface area contributed by atoms with Crippen LogP contribution in [0.25, 0.3) is 0 Å². The van der Waals surface area contributed by atoms with Crippen LogP contribution in [0.2, 0.25) is 0 Å². The number of rotatable bonds is 6. The van der Waals surface area contributed by atoms with Crippen molar-refractivity contribution in [1.29, 1.82) is 0 Å². The lowest BCUT2D eigenvalue weighted by atomic mass is 10.2. The van der Waals surface area contributed by atoms with Gasteiger partial charge in [-0.05, 0) is 25.3 Å². The third-order valence-electron chi connectivity index (χ3n) is 2.95. The van der Waals surface area contributed by atoms with Gasteiger partial charge in [0.25, 0.3) is 0 Å². The van der Waals surface area contributed by atoms with Gasteiger partial charge in [0.15, 0.2) is 0 Å². The van der Waals surface area contributed by atoms with Crippen LogP contribution < -0.4 is 10.2 Å². The summed E-state index contributed by atoms with van der Waals surface area (Å²) in [6, 6.07) is 4.95. The first-order valence-corrected chi connectivity index (χ1v) is 6.19. The van der Waals surface area contributed by atoms with Crippen LogP contribution in [0.3, 0.4) is 0 Å². The number of anilines is 1. The second-order valence-electron chi connectivity index (χ2n) is 4.56. The van der Waals surface area contributed by atoms with Gasteiger partial charge >= 0.3 is 0 Å². The van der Waals surface area contributed by atoms with Crippen molar-refractivity contribution in [2.24, 2.45) is 0 Å². The van der Waals surface area contributed by atoms with Crippen LogP contribution in [0, 0.1) is 0 Å². The van der Waals surface area contributed by atoms with Crippen molar-refractivity contribution in [3.63, 3.8) is 0 Å². The summed E-state index contributed by atoms with van der Waals surface area (Å²) in [5.74, 6) is 1.12. The van der Waals surface area contributed by atoms with Gasteiger partial charge in [-0.25, -0.2) is 4.98 Å². The molecule has 0 atom stereocenters. The standard InChI is InChI=1S/C13H21N3/c1-3-9-16(2)13-11(5-4-8-14-13)10-15-12-6-7-12/h4-5,8,12,15H,3,6-7,9-10H2,1-2H3. The van der Waals surface area contributed by atoms with Gasteiger partial charge in [0.1, 0.15) is 5.82 Å². The maximum atomic E-state index is 4.48. The first kappa shape index (κ1) is 11.4. The molecule has 1 N–H and O–H groups in total. The first-order chi connectivity index (χ1) is 7.81. The largest absolute Gasteiger partial charge is 0.359 e. The molecule has 3 heteroatoms. The predicted molar refractivity (Wildman–Crippen MR) is 67.7 cm³/mol. The van der Waals surface area contributed by atoms with E-state index in [1.54, 1.807) is 0 Å². The molecule has 3 nitrogen and oxygen atoms in total. The zero-order valence-electron chi connectivity index (χ0n) is 10.2. The molecule has 1 saturated carbocycles. The molecule has 1 aromatic rings. The second kappa shape index (κ2) is 5.30. The minimum Gasteiger partial charge on any atom is -0.359 e. The van der Waals surface area contributed by atoms with E-state index in [0.29, 0.717) is 0 Å². The minimum absolute atomic E-state index is 0.754. The molecule has 0 aliphatic heterocycles. The normalized spacial score (nSPS) is 15.1. The molecule has 2 rings (SSSR count). The van der Waals surface area contributed by atoms with Crippen molar-refractivity contribution in [2.45, 2.75) is 38.8 Å². The van der Waals surface area contributed by atoms with Gasteiger partial charge in [0.05, 0.1) is 0 Å². The molecule has 1 heterocycles. The minimum atomic E-state index is 0.754. The molecule has 0 saturated heterocycles. The fourth-order valence-corrected chi connectivity index (χ4v) is 1.90. The van der Waals surface area contributed by atoms with Crippen molar-refractivity contribution in [2.75, 3.05) is 18.5 Å². The second-order valence-corrected chi connectivity index (χ2v) is 4.56. The molecule has 0 spiro atoms. The van der Waals surface area contributed by atoms with Crippen LogP contribution in [-0.4, -0.2) is 24.6 Å². The zero-order valence-corrected chi connectivity index (χ0v) is 10.2. The van der Waals surface area contributed by atoms with Crippen LogP contribution >= 0.6 is 0 Å². The van der Waals surface area contributed by atoms with Gasteiger partial charge in [-0.3, -0.25) is 0 Å². The Morgan fingerprint density at radius 2 is 2.31 bits per heavy atom. The lowest BCUT2D eigenvalue weighted by Crippen LogP contribution is -2.23. The van der Waals surface area contributed by atoms with Gasteiger partial charge in [0.2, 0.25) is 0 Å². The van der Waals surface area contributed by atoms with E-state index < -0.39 is 0 Å². The zero-order chi connectivity index (χ0) is 11.4. The Hall–Kier alpha value is -1.09. The van der Waals surface area contributed by atoms with E-state index in [4.69, 9.17) is 0 Å². The Morgan fingerprint density at radius 1 is 1.50 bits per heavy atom. The van der Waals surface area contributed by atoms with E-state index in [1.165, 1.54) is 18.4 Å². The van der Waals surface area contributed by atoms with Crippen molar-refractivity contribution >= 4 is 5.82 Å². The highest BCUT2D eigenvalue weighted by atomic mass is 15.2. The van der Waals surface area contributed by atoms with Crippen LogP contribution in [0.1, 0.15) is 31.7 Å². The smallest absolute Gasteiger partial charge is 0.132 e. The van der Waals surface area contributed by atoms with E-state index >= 15 is 0 Å². The molecule has 0 aromatic carbocycles. The highest BCUT2D eigenvalue weighted by Gasteiger charge is 2.20. The number of aromatic nitrogens is 1. The lowest BCUT2D eigenvalue weighted by molar-refractivity contribution is 0.682. The topological polar surface area (TPSA) is 28.2 Å². The third kappa shape index (κ3) is 2.95. The number of nitrogens with one attached hydrogen (secondary N) is 1. The van der Waals surface area contributed by atoms with Crippen molar-refractivity contribution in [1.82, 2.24) is 10.3 Å². The van der Waals surface area contributed by atoms with Gasteiger partial charge in [-0.15, -0.1) is 0 Å². The lowest BCUT2D eigenvalue weighted by Gasteiger charge is -2.20. The number of pyridine rings is 1. The predicted octanol–water partition coefficient (Wildman–Crippen LogP) is 2.18. The fraction of sp³-hybridized carbons (Fsp3) is 0.615. The van der Waals surface area contributed by atoms with Crippen LogP contribution in [0.4, 0.5) is 5.82 Å². The van der Waals surface area contributed by atoms with Crippen LogP contribution in [-0.2, 0) is 6.54 Å². The summed E-state index contributed by atoms with van der Waals surface area (Å²) in [5.41, 5.74) is 1.31. The van der Waals surface area contributed by atoms with Crippen LogP contribution in [0.15, 0.2) is 18.3 Å². The molecule has 88 valence electrons. The summed E-state index contributed by atoms with van der Waals surface area (Å²) in [6.45, 7) is 4.21. The van der Waals surface area contributed by atoms with E-state index in [9.17, 15) is 0 Å². The van der Waals surface area contributed by atoms with Gasteiger partial charge < -0.3 is 10.2 Å². The summed E-state index contributed by atoms with van der Waals surface area (Å²) in [5, 5.41) is 3.54. The molecule has 16 heavy (non-hydrogen) atoms. The molecular weight excluding hydrogens is 198 g/mol. The summed E-state index contributed by atoms with van der Waals surface area (Å²) in [4.78, 5) is 6.72. The Balaban J connectivity index is 2.02. The highest BCUT2D eigenvalue weighted by molar-refractivity contribution is 5.45. The van der Waals surface area contributed by atoms with Gasteiger partial charge in [-0.1, -0.05) is 13.0 Å². The average molecular weight is 219 g/mol. The van der Waals surface area contributed by atoms with Gasteiger partial charge in [0, 0.05) is 37.9 Å². The average Bonchev–Trinajstić information content (AvgIpc) is 3.11. The molecule has 1 fully saturated rings. The molecular formula is C13H21N3. The van der Waals surface area contributed by atoms with E-state index in [2.05, 4.69) is 35.2 Å². The van der Waals surface area contributed by atoms with Crippen molar-refractivity contribution < 1.29 is 0 Å². The van der Waals surface area contributed by atoms with E-state index in [1.807, 2.05) is 12.3 Å². The SMILES string of the molecule is CCCN(C)c1ncccc1CNC1CC1. The van der Waals surface area contributed by atoms with Crippen LogP contribution in [0.5, 0.6) is 0 Å². The number of hydrogen-bond donors (Lipinski definition) is 1. The van der Waals surface area contributed by atoms with Gasteiger partial charge in [-0.2, -0.15) is 0 Å². The maximum Gasteiger partial charge on any atom is 0.132 e. The quantitative estimate of drug-likeness (QED) is 0.795. The monoisotopic (exact) mass is 219 g/mol. The summed E-state index contributed by atoms with van der Waals surface area (Å²) in [7, 11) is 2.12. The van der Waals surface area contributed by atoms with E-state index in [0.717, 1.165) is 31.4 Å². The Morgan fingerprint density at radius 3 is 3.00 bits per heavy atom. The molecule has 1 aliphatic rings. The molecule has 0 radical (unpaired) electrons. The highest BCUT2D eigenvalue weighted by Crippen LogP contribution is 2.21. The maximum absolute atomic E-state index is 4.48. The summed E-state index contributed by atoms with van der Waals surface area (Å²) >= 11 is 0. The molecule has 0 unspecified atom stereocenters. The summed E-state index contributed by atoms with van der Waals surface area (Å²) in [6.07, 6.45) is 5.70. The number of hydrogen-bond acceptors (Lipinski definition) is 3. The van der Waals surface area contributed by atoms with Crippen molar-refractivity contribution in [3.8, 4) is 0 Å². The Labute approximate surface area is 97.9 Å². The number of nitrogens with zero attached hydrogens (tertiary/aromatic N) is 2. The third-order valence-corrected chi connectivity index (χ3v) is 2.95. The summed E-state index contributed by atoms with van der Waals surface area (Å²) < 4.78 is 0. The molecule has 1 aliphatic carbocycles. The fourth-order valence-electron chi connectivity index (χ4n) is 1.90. The first-order valence-electron chi connectivity index (χ1n) is 6.19. The Kier molecular flexibility index (Phi) is 3.78. The molecule has 0 bridgehead atoms. The van der Waals surface area contributed by atoms with Crippen molar-refractivity contribution in [3.05, 3.63) is 23.9 Å². The molecule has 1 aromatic heterocycles. The van der Waals surface area contributed by atoms with E-state index in [-0.39, 0.29) is 0 Å².